The lowest BCUT2D eigenvalue weighted by molar-refractivity contribution is 0.571. The molecule has 0 atom stereocenters. The van der Waals surface area contributed by atoms with Gasteiger partial charge in [0.1, 0.15) is 5.84 Å². The third-order valence-corrected chi connectivity index (χ3v) is 4.29. The predicted octanol–water partition coefficient (Wildman–Crippen LogP) is 6.78. The molecule has 3 aromatic rings. The van der Waals surface area contributed by atoms with Gasteiger partial charge in [0, 0.05) is 17.5 Å². The molecule has 0 spiro atoms. The number of benzene rings is 3. The molecule has 0 fully saturated rings. The van der Waals surface area contributed by atoms with E-state index in [2.05, 4.69) is 81.3 Å². The Balaban J connectivity index is 1.97. The zero-order valence-electron chi connectivity index (χ0n) is 17.7. The zero-order chi connectivity index (χ0) is 20.7. The van der Waals surface area contributed by atoms with Gasteiger partial charge in [0.25, 0.3) is 0 Å². The van der Waals surface area contributed by atoms with Crippen LogP contribution in [-0.2, 0) is 6.42 Å². The largest absolute Gasteiger partial charge is 0.343 e. The quantitative estimate of drug-likeness (QED) is 0.301. The van der Waals surface area contributed by atoms with Gasteiger partial charge in [-0.3, -0.25) is 0 Å². The van der Waals surface area contributed by atoms with Gasteiger partial charge in [-0.1, -0.05) is 72.0 Å². The first-order valence-electron chi connectivity index (χ1n) is 9.96. The van der Waals surface area contributed by atoms with E-state index in [0.717, 1.165) is 29.2 Å². The first-order valence-corrected chi connectivity index (χ1v) is 9.96. The maximum atomic E-state index is 4.98. The van der Waals surface area contributed by atoms with E-state index in [-0.39, 0.29) is 5.41 Å². The summed E-state index contributed by atoms with van der Waals surface area (Å²) in [5, 5.41) is 3.49. The van der Waals surface area contributed by atoms with E-state index in [1.807, 2.05) is 42.5 Å². The Morgan fingerprint density at radius 2 is 1.52 bits per heavy atom. The smallest absolute Gasteiger partial charge is 0.111 e. The second kappa shape index (κ2) is 9.26. The van der Waals surface area contributed by atoms with Crippen LogP contribution >= 0.6 is 0 Å². The second-order valence-corrected chi connectivity index (χ2v) is 8.23. The van der Waals surface area contributed by atoms with E-state index in [9.17, 15) is 0 Å². The van der Waals surface area contributed by atoms with Crippen molar-refractivity contribution < 1.29 is 0 Å². The van der Waals surface area contributed by atoms with Crippen LogP contribution in [0.3, 0.4) is 0 Å². The van der Waals surface area contributed by atoms with Crippen molar-refractivity contribution in [2.75, 3.05) is 5.32 Å². The topological polar surface area (TPSA) is 24.4 Å². The second-order valence-electron chi connectivity index (χ2n) is 8.23. The summed E-state index contributed by atoms with van der Waals surface area (Å²) in [5.74, 6) is 7.52. The van der Waals surface area contributed by atoms with E-state index >= 15 is 0 Å². The summed E-state index contributed by atoms with van der Waals surface area (Å²) in [6.07, 6.45) is 0.718. The maximum Gasteiger partial charge on any atom is 0.111 e. The summed E-state index contributed by atoms with van der Waals surface area (Å²) >= 11 is 0. The summed E-state index contributed by atoms with van der Waals surface area (Å²) < 4.78 is 0. The Kier molecular flexibility index (Phi) is 6.52. The molecule has 0 unspecified atom stereocenters. The molecule has 3 rings (SSSR count). The minimum Gasteiger partial charge on any atom is -0.343 e. The van der Waals surface area contributed by atoms with Crippen molar-refractivity contribution in [3.05, 3.63) is 95.6 Å². The molecule has 0 saturated carbocycles. The van der Waals surface area contributed by atoms with Crippen LogP contribution in [-0.4, -0.2) is 5.84 Å². The third kappa shape index (κ3) is 6.66. The van der Waals surface area contributed by atoms with Gasteiger partial charge in [0.05, 0.1) is 11.3 Å². The minimum atomic E-state index is -0.0517. The molecule has 0 amide bonds. The fourth-order valence-electron chi connectivity index (χ4n) is 2.78. The average molecular weight is 381 g/mol. The third-order valence-electron chi connectivity index (χ3n) is 4.29. The molecular formula is C27H28N2. The Labute approximate surface area is 174 Å². The molecule has 0 saturated heterocycles. The molecule has 0 aliphatic rings. The Bertz CT molecular complexity index is 1030. The van der Waals surface area contributed by atoms with Crippen molar-refractivity contribution in [3.8, 4) is 11.8 Å². The lowest BCUT2D eigenvalue weighted by atomic mass is 9.97. The number of nitrogens with zero attached hydrogens (tertiary/aromatic N) is 1. The van der Waals surface area contributed by atoms with Crippen LogP contribution in [0.25, 0.3) is 0 Å². The number of anilines is 1. The van der Waals surface area contributed by atoms with E-state index in [1.54, 1.807) is 0 Å². The molecule has 1 N–H and O–H groups in total. The highest BCUT2D eigenvalue weighted by atomic mass is 15.0. The van der Waals surface area contributed by atoms with Gasteiger partial charge < -0.3 is 5.32 Å². The van der Waals surface area contributed by atoms with Crippen LogP contribution in [0.5, 0.6) is 0 Å². The van der Waals surface area contributed by atoms with Crippen molar-refractivity contribution in [2.24, 2.45) is 10.4 Å². The van der Waals surface area contributed by atoms with Gasteiger partial charge in [-0.25, -0.2) is 4.99 Å². The molecule has 0 bridgehead atoms. The van der Waals surface area contributed by atoms with Crippen molar-refractivity contribution in [1.29, 1.82) is 0 Å². The number of hydrogen-bond donors (Lipinski definition) is 1. The lowest BCUT2D eigenvalue weighted by Crippen LogP contribution is -2.15. The van der Waals surface area contributed by atoms with Crippen molar-refractivity contribution >= 4 is 17.2 Å². The van der Waals surface area contributed by atoms with Crippen molar-refractivity contribution in [3.63, 3.8) is 0 Å². The van der Waals surface area contributed by atoms with Crippen LogP contribution in [0.1, 0.15) is 37.5 Å². The van der Waals surface area contributed by atoms with E-state index in [0.29, 0.717) is 0 Å². The Morgan fingerprint density at radius 1 is 0.862 bits per heavy atom. The summed E-state index contributed by atoms with van der Waals surface area (Å²) in [6, 6.07) is 26.8. The number of rotatable bonds is 4. The standard InChI is InChI=1S/C27H28N2/c1-21-14-16-22(17-15-21)20-26(28-24-11-6-5-7-12-24)29-25-13-9-8-10-23(25)18-19-27(2,3)4/h5-17H,20H2,1-4H3,(H,28,29). The monoisotopic (exact) mass is 380 g/mol. The lowest BCUT2D eigenvalue weighted by Gasteiger charge is -2.12. The SMILES string of the molecule is Cc1ccc(CC(=Nc2ccccc2C#CC(C)(C)C)Nc2ccccc2)cc1. The number of aryl methyl sites for hydroxylation is 1. The molecule has 0 aromatic heterocycles. The predicted molar refractivity (Wildman–Crippen MR) is 125 cm³/mol. The van der Waals surface area contributed by atoms with Crippen molar-refractivity contribution in [1.82, 2.24) is 0 Å². The van der Waals surface area contributed by atoms with Gasteiger partial charge in [-0.15, -0.1) is 0 Å². The fraction of sp³-hybridized carbons (Fsp3) is 0.222. The van der Waals surface area contributed by atoms with Crippen LogP contribution < -0.4 is 5.32 Å². The molecular weight excluding hydrogens is 352 g/mol. The summed E-state index contributed by atoms with van der Waals surface area (Å²) in [6.45, 7) is 8.45. The first-order chi connectivity index (χ1) is 13.9. The average Bonchev–Trinajstić information content (AvgIpc) is 2.69. The number of aliphatic imine (C=N–C) groups is 1. The van der Waals surface area contributed by atoms with E-state index in [1.165, 1.54) is 11.1 Å². The fourth-order valence-corrected chi connectivity index (χ4v) is 2.78. The van der Waals surface area contributed by atoms with Gasteiger partial charge in [-0.2, -0.15) is 0 Å². The molecule has 0 radical (unpaired) electrons. The molecule has 29 heavy (non-hydrogen) atoms. The minimum absolute atomic E-state index is 0.0517. The molecule has 146 valence electrons. The molecule has 3 aromatic carbocycles. The first kappa shape index (κ1) is 20.4. The Hall–Kier alpha value is -3.31. The van der Waals surface area contributed by atoms with Gasteiger partial charge in [0.2, 0.25) is 0 Å². The van der Waals surface area contributed by atoms with Gasteiger partial charge in [-0.05, 0) is 57.5 Å². The number of hydrogen-bond acceptors (Lipinski definition) is 1. The number of nitrogens with one attached hydrogen (secondary N) is 1. The van der Waals surface area contributed by atoms with E-state index in [4.69, 9.17) is 4.99 Å². The van der Waals surface area contributed by atoms with Gasteiger partial charge >= 0.3 is 0 Å². The van der Waals surface area contributed by atoms with Crippen LogP contribution in [0.15, 0.2) is 83.9 Å². The van der Waals surface area contributed by atoms with Gasteiger partial charge in [0.15, 0.2) is 0 Å². The summed E-state index contributed by atoms with van der Waals surface area (Å²) in [4.78, 5) is 4.98. The summed E-state index contributed by atoms with van der Waals surface area (Å²) in [5.41, 5.74) is 5.27. The number of amidine groups is 1. The molecule has 0 heterocycles. The van der Waals surface area contributed by atoms with Crippen LogP contribution in [0.4, 0.5) is 11.4 Å². The number of para-hydroxylation sites is 2. The van der Waals surface area contributed by atoms with Crippen LogP contribution in [0.2, 0.25) is 0 Å². The van der Waals surface area contributed by atoms with E-state index < -0.39 is 0 Å². The maximum absolute atomic E-state index is 4.98. The highest BCUT2D eigenvalue weighted by Crippen LogP contribution is 2.21. The zero-order valence-corrected chi connectivity index (χ0v) is 17.7. The Morgan fingerprint density at radius 3 is 2.21 bits per heavy atom. The van der Waals surface area contributed by atoms with Crippen molar-refractivity contribution in [2.45, 2.75) is 34.1 Å². The molecule has 0 aliphatic heterocycles. The molecule has 2 nitrogen and oxygen atoms in total. The van der Waals surface area contributed by atoms with Crippen LogP contribution in [0, 0.1) is 24.2 Å². The molecule has 0 aliphatic carbocycles. The highest BCUT2D eigenvalue weighted by Gasteiger charge is 2.07. The molecule has 2 heteroatoms. The normalized spacial score (nSPS) is 11.5. The highest BCUT2D eigenvalue weighted by molar-refractivity contribution is 5.98. The summed E-state index contributed by atoms with van der Waals surface area (Å²) in [7, 11) is 0.